The maximum Gasteiger partial charge on any atom is 0.276 e. The lowest BCUT2D eigenvalue weighted by Crippen LogP contribution is -2.00. The van der Waals surface area contributed by atoms with E-state index in [9.17, 15) is 14.9 Å². The summed E-state index contributed by atoms with van der Waals surface area (Å²) in [5.41, 5.74) is 1.30. The van der Waals surface area contributed by atoms with Crippen LogP contribution in [0.2, 0.25) is 0 Å². The number of rotatable bonds is 2. The number of Topliss-reactive ketones (excluding diaryl/α,β-unsaturated/α-hetero) is 1. The highest BCUT2D eigenvalue weighted by Gasteiger charge is 2.16. The Labute approximate surface area is 105 Å². The van der Waals surface area contributed by atoms with Gasteiger partial charge < -0.3 is 0 Å². The minimum Gasteiger partial charge on any atom is -0.295 e. The van der Waals surface area contributed by atoms with Gasteiger partial charge >= 0.3 is 0 Å². The minimum atomic E-state index is -0.409. The number of hydrogen-bond donors (Lipinski definition) is 0. The molecule has 1 aliphatic rings. The van der Waals surface area contributed by atoms with Crippen molar-refractivity contribution in [2.24, 2.45) is 0 Å². The third-order valence-corrected chi connectivity index (χ3v) is 3.17. The first-order valence-corrected chi connectivity index (χ1v) is 6.15. The van der Waals surface area contributed by atoms with Crippen LogP contribution in [0, 0.1) is 10.1 Å². The molecule has 18 heavy (non-hydrogen) atoms. The summed E-state index contributed by atoms with van der Waals surface area (Å²) in [5.74, 6) is 0.130. The molecule has 0 N–H and O–H groups in total. The van der Waals surface area contributed by atoms with E-state index in [1.165, 1.54) is 6.07 Å². The van der Waals surface area contributed by atoms with Crippen molar-refractivity contribution in [3.05, 3.63) is 45.5 Å². The average Bonchev–Trinajstić information content (AvgIpc) is 2.55. The Morgan fingerprint density at radius 1 is 1.11 bits per heavy atom. The monoisotopic (exact) mass is 245 g/mol. The zero-order chi connectivity index (χ0) is 13.0. The van der Waals surface area contributed by atoms with Crippen LogP contribution in [0.4, 0.5) is 5.69 Å². The zero-order valence-corrected chi connectivity index (χ0v) is 10.1. The van der Waals surface area contributed by atoms with Crippen molar-refractivity contribution >= 4 is 17.5 Å². The molecular weight excluding hydrogens is 230 g/mol. The molecular formula is C14H15NO3. The molecule has 1 aromatic rings. The molecule has 0 radical (unpaired) electrons. The van der Waals surface area contributed by atoms with Crippen LogP contribution in [-0.4, -0.2) is 10.7 Å². The van der Waals surface area contributed by atoms with E-state index in [1.54, 1.807) is 24.3 Å². The highest BCUT2D eigenvalue weighted by atomic mass is 16.6. The summed E-state index contributed by atoms with van der Waals surface area (Å²) >= 11 is 0. The summed E-state index contributed by atoms with van der Waals surface area (Å²) in [6, 6.07) is 6.53. The summed E-state index contributed by atoms with van der Waals surface area (Å²) < 4.78 is 0. The van der Waals surface area contributed by atoms with E-state index in [1.807, 2.05) is 0 Å². The highest BCUT2D eigenvalue weighted by Crippen LogP contribution is 2.25. The van der Waals surface area contributed by atoms with Gasteiger partial charge in [-0.1, -0.05) is 18.6 Å². The van der Waals surface area contributed by atoms with Crippen LogP contribution in [0.25, 0.3) is 6.08 Å². The molecule has 4 nitrogen and oxygen atoms in total. The van der Waals surface area contributed by atoms with Crippen LogP contribution in [0.1, 0.15) is 37.7 Å². The minimum absolute atomic E-state index is 0.0575. The number of nitro benzene ring substituents is 1. The Morgan fingerprint density at radius 3 is 2.61 bits per heavy atom. The molecule has 0 heterocycles. The summed E-state index contributed by atoms with van der Waals surface area (Å²) in [4.78, 5) is 22.4. The van der Waals surface area contributed by atoms with Crippen LogP contribution < -0.4 is 0 Å². The smallest absolute Gasteiger partial charge is 0.276 e. The topological polar surface area (TPSA) is 60.2 Å². The molecule has 1 fully saturated rings. The van der Waals surface area contributed by atoms with Gasteiger partial charge in [0, 0.05) is 12.5 Å². The molecule has 0 spiro atoms. The van der Waals surface area contributed by atoms with Gasteiger partial charge in [-0.15, -0.1) is 0 Å². The van der Waals surface area contributed by atoms with Crippen molar-refractivity contribution in [3.8, 4) is 0 Å². The van der Waals surface area contributed by atoms with Gasteiger partial charge in [0.2, 0.25) is 0 Å². The van der Waals surface area contributed by atoms with Gasteiger partial charge in [0.05, 0.1) is 10.5 Å². The molecule has 1 saturated carbocycles. The standard InChI is InChI=1S/C14H15NO3/c16-14-9-3-1-2-7-12(14)10-11-6-4-5-8-13(11)15(17)18/h4-6,8,10H,1-3,7,9H2/b12-10+. The predicted molar refractivity (Wildman–Crippen MR) is 69.2 cm³/mol. The number of allylic oxidation sites excluding steroid dienone is 1. The second kappa shape index (κ2) is 5.58. The van der Waals surface area contributed by atoms with Crippen LogP contribution in [0.15, 0.2) is 29.8 Å². The summed E-state index contributed by atoms with van der Waals surface area (Å²) in [6.07, 6.45) is 5.94. The van der Waals surface area contributed by atoms with Crippen molar-refractivity contribution in [2.45, 2.75) is 32.1 Å². The Balaban J connectivity index is 2.36. The van der Waals surface area contributed by atoms with Crippen molar-refractivity contribution in [1.82, 2.24) is 0 Å². The van der Waals surface area contributed by atoms with Crippen LogP contribution in [-0.2, 0) is 4.79 Å². The van der Waals surface area contributed by atoms with Crippen LogP contribution in [0.3, 0.4) is 0 Å². The van der Waals surface area contributed by atoms with E-state index in [2.05, 4.69) is 0 Å². The molecule has 0 saturated heterocycles. The molecule has 94 valence electrons. The molecule has 0 amide bonds. The number of nitro groups is 1. The van der Waals surface area contributed by atoms with E-state index in [-0.39, 0.29) is 11.5 Å². The Morgan fingerprint density at radius 2 is 1.83 bits per heavy atom. The first-order chi connectivity index (χ1) is 8.68. The fourth-order valence-corrected chi connectivity index (χ4v) is 2.19. The molecule has 0 bridgehead atoms. The number of carbonyl (C=O) groups is 1. The largest absolute Gasteiger partial charge is 0.295 e. The second-order valence-corrected chi connectivity index (χ2v) is 4.47. The van der Waals surface area contributed by atoms with E-state index in [0.29, 0.717) is 12.0 Å². The van der Waals surface area contributed by atoms with Gasteiger partial charge in [-0.05, 0) is 37.0 Å². The van der Waals surface area contributed by atoms with Gasteiger partial charge in [-0.2, -0.15) is 0 Å². The van der Waals surface area contributed by atoms with Gasteiger partial charge in [0.1, 0.15) is 0 Å². The molecule has 4 heteroatoms. The lowest BCUT2D eigenvalue weighted by molar-refractivity contribution is -0.385. The number of ketones is 1. The molecule has 0 aromatic heterocycles. The fraction of sp³-hybridized carbons (Fsp3) is 0.357. The maximum atomic E-state index is 11.9. The SMILES string of the molecule is O=C1CCCCC/C1=C\c1ccccc1[N+](=O)[O-]. The van der Waals surface area contributed by atoms with E-state index < -0.39 is 4.92 Å². The normalized spacial score (nSPS) is 18.7. The van der Waals surface area contributed by atoms with E-state index in [4.69, 9.17) is 0 Å². The quantitative estimate of drug-likeness (QED) is 0.346. The average molecular weight is 245 g/mol. The summed E-state index contributed by atoms with van der Waals surface area (Å²) in [5, 5.41) is 10.9. The van der Waals surface area contributed by atoms with Crippen molar-refractivity contribution in [3.63, 3.8) is 0 Å². The number of benzene rings is 1. The van der Waals surface area contributed by atoms with E-state index >= 15 is 0 Å². The van der Waals surface area contributed by atoms with Crippen molar-refractivity contribution in [1.29, 1.82) is 0 Å². The second-order valence-electron chi connectivity index (χ2n) is 4.47. The molecule has 2 rings (SSSR count). The molecule has 1 aliphatic carbocycles. The lowest BCUT2D eigenvalue weighted by atomic mass is 10.0. The molecule has 0 aliphatic heterocycles. The number of carbonyl (C=O) groups excluding carboxylic acids is 1. The van der Waals surface area contributed by atoms with Crippen LogP contribution in [0.5, 0.6) is 0 Å². The number of para-hydroxylation sites is 1. The number of nitrogens with zero attached hydrogens (tertiary/aromatic N) is 1. The van der Waals surface area contributed by atoms with Crippen molar-refractivity contribution < 1.29 is 9.72 Å². The van der Waals surface area contributed by atoms with Gasteiger partial charge in [0.15, 0.2) is 5.78 Å². The first kappa shape index (κ1) is 12.5. The molecule has 0 unspecified atom stereocenters. The van der Waals surface area contributed by atoms with Gasteiger partial charge in [0.25, 0.3) is 5.69 Å². The Bertz CT molecular complexity index is 506. The summed E-state index contributed by atoms with van der Waals surface area (Å²) in [7, 11) is 0. The first-order valence-electron chi connectivity index (χ1n) is 6.15. The molecule has 0 atom stereocenters. The number of hydrogen-bond acceptors (Lipinski definition) is 3. The summed E-state index contributed by atoms with van der Waals surface area (Å²) in [6.45, 7) is 0. The maximum absolute atomic E-state index is 11.9. The fourth-order valence-electron chi connectivity index (χ4n) is 2.19. The molecule has 1 aromatic carbocycles. The van der Waals surface area contributed by atoms with Gasteiger partial charge in [-0.3, -0.25) is 14.9 Å². The lowest BCUT2D eigenvalue weighted by Gasteiger charge is -2.02. The highest BCUT2D eigenvalue weighted by molar-refractivity contribution is 6.00. The zero-order valence-electron chi connectivity index (χ0n) is 10.1. The van der Waals surface area contributed by atoms with Gasteiger partial charge in [-0.25, -0.2) is 0 Å². The van der Waals surface area contributed by atoms with Crippen LogP contribution >= 0.6 is 0 Å². The van der Waals surface area contributed by atoms with E-state index in [0.717, 1.165) is 31.3 Å². The third kappa shape index (κ3) is 2.83. The predicted octanol–water partition coefficient (Wildman–Crippen LogP) is 3.51. The Hall–Kier alpha value is -1.97. The third-order valence-electron chi connectivity index (χ3n) is 3.17. The van der Waals surface area contributed by atoms with Crippen molar-refractivity contribution in [2.75, 3.05) is 0 Å². The Kier molecular flexibility index (Phi) is 3.87.